The second-order valence-corrected chi connectivity index (χ2v) is 4.39. The predicted molar refractivity (Wildman–Crippen MR) is 71.4 cm³/mol. The van der Waals surface area contributed by atoms with Crippen LogP contribution in [0, 0.1) is 0 Å². The molecule has 2 aromatic rings. The highest BCUT2D eigenvalue weighted by Crippen LogP contribution is 2.13. The first-order valence-electron chi connectivity index (χ1n) is 5.94. The molecule has 0 unspecified atom stereocenters. The van der Waals surface area contributed by atoms with Crippen molar-refractivity contribution in [3.05, 3.63) is 34.9 Å². The van der Waals surface area contributed by atoms with Crippen LogP contribution in [0.4, 0.5) is 16.2 Å². The molecule has 1 aliphatic heterocycles. The molecule has 0 radical (unpaired) electrons. The highest BCUT2D eigenvalue weighted by atomic mass is 16.2. The van der Waals surface area contributed by atoms with Crippen molar-refractivity contribution in [2.45, 2.75) is 6.42 Å². The van der Waals surface area contributed by atoms with Crippen LogP contribution in [-0.2, 0) is 4.79 Å². The van der Waals surface area contributed by atoms with Crippen LogP contribution >= 0.6 is 0 Å². The Hall–Kier alpha value is -2.90. The molecular formula is C12H11N5O3. The maximum absolute atomic E-state index is 12.3. The third kappa shape index (κ3) is 1.87. The van der Waals surface area contributed by atoms with Crippen LogP contribution in [0.15, 0.2) is 29.3 Å². The van der Waals surface area contributed by atoms with Gasteiger partial charge in [0.2, 0.25) is 5.91 Å². The first kappa shape index (κ1) is 12.2. The lowest BCUT2D eigenvalue weighted by atomic mass is 10.3. The minimum absolute atomic E-state index is 0.122. The molecule has 8 nitrogen and oxygen atoms in total. The highest BCUT2D eigenvalue weighted by molar-refractivity contribution is 6.05. The molecule has 20 heavy (non-hydrogen) atoms. The van der Waals surface area contributed by atoms with Gasteiger partial charge in [0, 0.05) is 30.9 Å². The number of nitrogens with two attached hydrogens (primary N) is 1. The fourth-order valence-corrected chi connectivity index (χ4v) is 2.06. The van der Waals surface area contributed by atoms with Gasteiger partial charge in [0.25, 0.3) is 5.56 Å². The van der Waals surface area contributed by atoms with Gasteiger partial charge in [-0.1, -0.05) is 0 Å². The number of nitrogens with zero attached hydrogens (tertiary/aromatic N) is 3. The van der Waals surface area contributed by atoms with Gasteiger partial charge in [0.15, 0.2) is 0 Å². The second-order valence-electron chi connectivity index (χ2n) is 4.39. The summed E-state index contributed by atoms with van der Waals surface area (Å²) in [6, 6.07) is 2.51. The molecule has 0 bridgehead atoms. The van der Waals surface area contributed by atoms with Gasteiger partial charge >= 0.3 is 6.03 Å². The molecular weight excluding hydrogens is 262 g/mol. The Labute approximate surface area is 112 Å². The third-order valence-corrected chi connectivity index (χ3v) is 3.06. The standard InChI is InChI=1S/C12H11N5O3/c13-7-1-3-17-9(5-7)14-6-8(11(17)19)16-4-2-10(18)15-12(16)20/h1,3,5-6H,2,4,13H2,(H,15,18,20). The minimum atomic E-state index is -0.615. The Kier molecular flexibility index (Phi) is 2.63. The summed E-state index contributed by atoms with van der Waals surface area (Å²) in [5.41, 5.74) is 6.25. The van der Waals surface area contributed by atoms with E-state index >= 15 is 0 Å². The van der Waals surface area contributed by atoms with Crippen molar-refractivity contribution in [1.82, 2.24) is 14.7 Å². The topological polar surface area (TPSA) is 110 Å². The predicted octanol–water partition coefficient (Wildman–Crippen LogP) is -0.277. The summed E-state index contributed by atoms with van der Waals surface area (Å²) in [6.45, 7) is 0.155. The monoisotopic (exact) mass is 273 g/mol. The van der Waals surface area contributed by atoms with Crippen LogP contribution in [0.2, 0.25) is 0 Å². The Balaban J connectivity index is 2.11. The van der Waals surface area contributed by atoms with Crippen molar-refractivity contribution in [2.24, 2.45) is 0 Å². The molecule has 3 rings (SSSR count). The first-order valence-corrected chi connectivity index (χ1v) is 5.94. The van der Waals surface area contributed by atoms with Crippen LogP contribution in [0.3, 0.4) is 0 Å². The second kappa shape index (κ2) is 4.34. The number of anilines is 2. The number of amides is 3. The summed E-state index contributed by atoms with van der Waals surface area (Å²) in [4.78, 5) is 40.5. The zero-order valence-electron chi connectivity index (χ0n) is 10.4. The average Bonchev–Trinajstić information content (AvgIpc) is 2.40. The van der Waals surface area contributed by atoms with E-state index in [0.717, 1.165) is 0 Å². The van der Waals surface area contributed by atoms with Gasteiger partial charge in [-0.05, 0) is 6.07 Å². The number of carbonyl (C=O) groups is 2. The zero-order valence-corrected chi connectivity index (χ0v) is 10.4. The first-order chi connectivity index (χ1) is 9.56. The van der Waals surface area contributed by atoms with Crippen molar-refractivity contribution in [3.63, 3.8) is 0 Å². The molecule has 3 N–H and O–H groups in total. The van der Waals surface area contributed by atoms with Crippen LogP contribution in [0.1, 0.15) is 6.42 Å². The normalized spacial score (nSPS) is 15.5. The number of pyridine rings is 1. The molecule has 0 saturated carbocycles. The molecule has 0 atom stereocenters. The number of aromatic nitrogens is 2. The molecule has 1 aliphatic rings. The molecule has 1 saturated heterocycles. The van der Waals surface area contributed by atoms with Crippen molar-refractivity contribution in [1.29, 1.82) is 0 Å². The van der Waals surface area contributed by atoms with Gasteiger partial charge in [0.05, 0.1) is 6.20 Å². The number of nitrogen functional groups attached to an aromatic ring is 1. The Bertz CT molecular complexity index is 782. The highest BCUT2D eigenvalue weighted by Gasteiger charge is 2.26. The zero-order chi connectivity index (χ0) is 14.3. The number of hydrogen-bond donors (Lipinski definition) is 2. The molecule has 0 spiro atoms. The summed E-state index contributed by atoms with van der Waals surface area (Å²) in [5, 5.41) is 2.16. The van der Waals surface area contributed by atoms with Gasteiger partial charge in [-0.3, -0.25) is 24.2 Å². The fraction of sp³-hybridized carbons (Fsp3) is 0.167. The van der Waals surface area contributed by atoms with Gasteiger partial charge in [-0.15, -0.1) is 0 Å². The van der Waals surface area contributed by atoms with Crippen molar-refractivity contribution in [2.75, 3.05) is 17.2 Å². The van der Waals surface area contributed by atoms with Crippen LogP contribution in [0.5, 0.6) is 0 Å². The average molecular weight is 273 g/mol. The molecule has 3 amide bonds. The summed E-state index contributed by atoms with van der Waals surface area (Å²) >= 11 is 0. The number of imide groups is 1. The number of hydrogen-bond acceptors (Lipinski definition) is 5. The molecule has 2 aromatic heterocycles. The molecule has 1 fully saturated rings. The lowest BCUT2D eigenvalue weighted by Crippen LogP contribution is -2.51. The third-order valence-electron chi connectivity index (χ3n) is 3.06. The summed E-state index contributed by atoms with van der Waals surface area (Å²) in [5.74, 6) is -0.354. The fourth-order valence-electron chi connectivity index (χ4n) is 2.06. The number of carbonyl (C=O) groups excluding carboxylic acids is 2. The molecule has 0 aromatic carbocycles. The lowest BCUT2D eigenvalue weighted by molar-refractivity contribution is -0.120. The van der Waals surface area contributed by atoms with E-state index in [-0.39, 0.29) is 30.1 Å². The van der Waals surface area contributed by atoms with E-state index in [2.05, 4.69) is 10.3 Å². The Morgan fingerprint density at radius 2 is 2.10 bits per heavy atom. The molecule has 3 heterocycles. The summed E-state index contributed by atoms with van der Waals surface area (Å²) in [7, 11) is 0. The summed E-state index contributed by atoms with van der Waals surface area (Å²) < 4.78 is 1.30. The van der Waals surface area contributed by atoms with Gasteiger partial charge in [-0.25, -0.2) is 9.78 Å². The maximum Gasteiger partial charge on any atom is 0.328 e. The number of fused-ring (bicyclic) bond motifs is 1. The van der Waals surface area contributed by atoms with Gasteiger partial charge < -0.3 is 5.73 Å². The molecule has 0 aliphatic carbocycles. The van der Waals surface area contributed by atoms with E-state index in [0.29, 0.717) is 11.3 Å². The summed E-state index contributed by atoms with van der Waals surface area (Å²) in [6.07, 6.45) is 2.96. The van der Waals surface area contributed by atoms with Crippen molar-refractivity contribution < 1.29 is 9.59 Å². The van der Waals surface area contributed by atoms with Crippen molar-refractivity contribution in [3.8, 4) is 0 Å². The number of nitrogens with one attached hydrogen (secondary N) is 1. The van der Waals surface area contributed by atoms with Gasteiger partial charge in [-0.2, -0.15) is 0 Å². The van der Waals surface area contributed by atoms with E-state index in [1.807, 2.05) is 0 Å². The smallest absolute Gasteiger partial charge is 0.328 e. The minimum Gasteiger partial charge on any atom is -0.399 e. The maximum atomic E-state index is 12.3. The van der Waals surface area contributed by atoms with E-state index in [9.17, 15) is 14.4 Å². The Morgan fingerprint density at radius 3 is 2.85 bits per heavy atom. The SMILES string of the molecule is Nc1ccn2c(=O)c(N3CCC(=O)NC3=O)cnc2c1. The molecule has 102 valence electrons. The van der Waals surface area contributed by atoms with Crippen LogP contribution in [0.25, 0.3) is 5.65 Å². The van der Waals surface area contributed by atoms with E-state index < -0.39 is 6.03 Å². The quantitative estimate of drug-likeness (QED) is 0.742. The Morgan fingerprint density at radius 1 is 1.30 bits per heavy atom. The van der Waals surface area contributed by atoms with E-state index in [4.69, 9.17) is 5.73 Å². The van der Waals surface area contributed by atoms with Crippen LogP contribution < -0.4 is 21.5 Å². The number of rotatable bonds is 1. The van der Waals surface area contributed by atoms with Gasteiger partial charge in [0.1, 0.15) is 11.3 Å². The molecule has 8 heteroatoms. The van der Waals surface area contributed by atoms with Crippen molar-refractivity contribution >= 4 is 29.0 Å². The largest absolute Gasteiger partial charge is 0.399 e. The van der Waals surface area contributed by atoms with E-state index in [1.54, 1.807) is 12.1 Å². The van der Waals surface area contributed by atoms with Crippen LogP contribution in [-0.4, -0.2) is 27.9 Å². The number of urea groups is 1. The van der Waals surface area contributed by atoms with E-state index in [1.165, 1.54) is 21.7 Å². The lowest BCUT2D eigenvalue weighted by Gasteiger charge is -2.25.